The van der Waals surface area contributed by atoms with Gasteiger partial charge in [-0.05, 0) is 95.1 Å². The molecule has 0 saturated heterocycles. The van der Waals surface area contributed by atoms with Crippen LogP contribution >= 0.6 is 0 Å². The third kappa shape index (κ3) is 4.63. The fourth-order valence-corrected chi connectivity index (χ4v) is 7.60. The molecule has 1 heterocycles. The monoisotopic (exact) mass is 640 g/mol. The van der Waals surface area contributed by atoms with Crippen LogP contribution in [-0.4, -0.2) is 9.97 Å². The van der Waals surface area contributed by atoms with Gasteiger partial charge in [-0.1, -0.05) is 84.9 Å². The quantitative estimate of drug-likeness (QED) is 0.180. The molecule has 3 aliphatic rings. The number of nitrogens with zero attached hydrogens (tertiary/aromatic N) is 6. The lowest BCUT2D eigenvalue weighted by Crippen LogP contribution is -2.31. The lowest BCUT2D eigenvalue weighted by molar-refractivity contribution is 0.696. The molecule has 234 valence electrons. The van der Waals surface area contributed by atoms with Gasteiger partial charge >= 0.3 is 0 Å². The van der Waals surface area contributed by atoms with Gasteiger partial charge in [0.15, 0.2) is 11.4 Å². The summed E-state index contributed by atoms with van der Waals surface area (Å²) in [5.74, 6) is -0.534. The lowest BCUT2D eigenvalue weighted by Gasteiger charge is -2.42. The molecule has 0 unspecified atom stereocenters. The summed E-state index contributed by atoms with van der Waals surface area (Å²) in [6.07, 6.45) is 0. The summed E-state index contributed by atoms with van der Waals surface area (Å²) in [4.78, 5) is 14.2. The van der Waals surface area contributed by atoms with E-state index < -0.39 is 0 Å². The van der Waals surface area contributed by atoms with E-state index in [-0.39, 0.29) is 23.2 Å². The largest absolute Gasteiger partial charge is 0.310 e. The third-order valence-corrected chi connectivity index (χ3v) is 9.67. The Kier molecular flexibility index (Phi) is 6.93. The summed E-state index contributed by atoms with van der Waals surface area (Å²) < 4.78 is 0. The topological polar surface area (TPSA) is 79.8 Å². The number of hydrogen-bond acceptors (Lipinski definition) is 6. The molecule has 0 N–H and O–H groups in total. The van der Waals surface area contributed by atoms with E-state index in [1.807, 2.05) is 24.3 Å². The minimum absolute atomic E-state index is 0.0552. The second kappa shape index (κ2) is 11.9. The third-order valence-electron chi connectivity index (χ3n) is 9.67. The Morgan fingerprint density at radius 2 is 0.700 bits per heavy atom. The second-order valence-corrected chi connectivity index (χ2v) is 12.4. The van der Waals surface area contributed by atoms with Gasteiger partial charge in [-0.15, -0.1) is 0 Å². The molecule has 0 fully saturated rings. The van der Waals surface area contributed by atoms with Gasteiger partial charge in [-0.25, -0.2) is 9.97 Å². The highest BCUT2D eigenvalue weighted by molar-refractivity contribution is 5.81. The fraction of sp³-hybridized carbons (Fsp3) is 0.0455. The zero-order valence-electron chi connectivity index (χ0n) is 26.8. The number of para-hydroxylation sites is 4. The van der Waals surface area contributed by atoms with E-state index in [1.165, 1.54) is 0 Å². The van der Waals surface area contributed by atoms with Crippen LogP contribution in [-0.2, 0) is 0 Å². The Bertz CT molecular complexity index is 2250. The number of benzene rings is 6. The molecule has 10 rings (SSSR count). The Balaban J connectivity index is 1.27. The van der Waals surface area contributed by atoms with Crippen LogP contribution in [0.3, 0.4) is 0 Å². The molecule has 0 atom stereocenters. The van der Waals surface area contributed by atoms with Crippen molar-refractivity contribution in [3.63, 3.8) is 0 Å². The van der Waals surface area contributed by atoms with Gasteiger partial charge in [0.05, 0.1) is 23.2 Å². The van der Waals surface area contributed by atoms with Gasteiger partial charge in [0.25, 0.3) is 0 Å². The number of anilines is 6. The van der Waals surface area contributed by atoms with Crippen molar-refractivity contribution in [2.24, 2.45) is 0 Å². The lowest BCUT2D eigenvalue weighted by atomic mass is 9.64. The number of nitriles is 2. The van der Waals surface area contributed by atoms with E-state index in [0.29, 0.717) is 0 Å². The molecule has 0 radical (unpaired) electrons. The molecule has 6 heteroatoms. The van der Waals surface area contributed by atoms with Crippen LogP contribution in [0.2, 0.25) is 0 Å². The molecule has 0 spiro atoms. The first-order chi connectivity index (χ1) is 24.7. The average Bonchev–Trinajstić information content (AvgIpc) is 3.19. The Labute approximate surface area is 290 Å². The molecule has 2 bridgehead atoms. The summed E-state index contributed by atoms with van der Waals surface area (Å²) in [6, 6.07) is 59.0. The predicted octanol–water partition coefficient (Wildman–Crippen LogP) is 10.1. The van der Waals surface area contributed by atoms with Crippen LogP contribution in [0.25, 0.3) is 0 Å². The standard InChI is InChI=1S/C44H28N6/c45-27-39-40(28-46)48-44-42-37-25-33(49(29-13-5-1-6-14-29)30-15-7-2-8-16-30)21-23-35(37)41(43(44)47-39)36-24-22-34(26-38(36)42)50(31-17-9-3-10-18-31)32-19-11-4-12-20-32/h1-26,41-42H. The van der Waals surface area contributed by atoms with Crippen molar-refractivity contribution in [1.29, 1.82) is 10.5 Å². The molecule has 7 aromatic rings. The maximum Gasteiger partial charge on any atom is 0.177 e. The van der Waals surface area contributed by atoms with Crippen molar-refractivity contribution in [1.82, 2.24) is 9.97 Å². The van der Waals surface area contributed by atoms with Gasteiger partial charge < -0.3 is 9.80 Å². The highest BCUT2D eigenvalue weighted by Crippen LogP contribution is 2.56. The smallest absolute Gasteiger partial charge is 0.177 e. The van der Waals surface area contributed by atoms with Gasteiger partial charge in [0.1, 0.15) is 12.1 Å². The van der Waals surface area contributed by atoms with Gasteiger partial charge in [0.2, 0.25) is 0 Å². The molecule has 6 nitrogen and oxygen atoms in total. The van der Waals surface area contributed by atoms with E-state index >= 15 is 0 Å². The normalized spacial score (nSPS) is 14.8. The minimum Gasteiger partial charge on any atom is -0.310 e. The zero-order chi connectivity index (χ0) is 33.6. The highest BCUT2D eigenvalue weighted by atomic mass is 15.1. The van der Waals surface area contributed by atoms with Gasteiger partial charge in [-0.3, -0.25) is 0 Å². The fourth-order valence-electron chi connectivity index (χ4n) is 7.60. The van der Waals surface area contributed by atoms with E-state index in [0.717, 1.165) is 67.8 Å². The molecular formula is C44H28N6. The summed E-state index contributed by atoms with van der Waals surface area (Å²) >= 11 is 0. The Morgan fingerprint density at radius 1 is 0.380 bits per heavy atom. The summed E-state index contributed by atoms with van der Waals surface area (Å²) in [6.45, 7) is 0. The van der Waals surface area contributed by atoms with Gasteiger partial charge in [-0.2, -0.15) is 10.5 Å². The van der Waals surface area contributed by atoms with Crippen LogP contribution in [0.15, 0.2) is 158 Å². The SMILES string of the molecule is N#Cc1nc2c(nc1C#N)C1c3cc(N(c4ccccc4)c4ccccc4)ccc3C2c2ccc(N(c3ccccc3)c3ccccc3)cc21. The van der Waals surface area contributed by atoms with Crippen molar-refractivity contribution in [2.45, 2.75) is 11.8 Å². The Morgan fingerprint density at radius 3 is 1.02 bits per heavy atom. The number of rotatable bonds is 6. The maximum absolute atomic E-state index is 10.0. The molecule has 6 aromatic carbocycles. The van der Waals surface area contributed by atoms with Crippen LogP contribution in [0.1, 0.15) is 56.9 Å². The highest BCUT2D eigenvalue weighted by Gasteiger charge is 2.45. The molecule has 50 heavy (non-hydrogen) atoms. The van der Waals surface area contributed by atoms with E-state index in [2.05, 4.69) is 155 Å². The first-order valence-corrected chi connectivity index (χ1v) is 16.5. The first kappa shape index (κ1) is 29.1. The van der Waals surface area contributed by atoms with Crippen molar-refractivity contribution >= 4 is 34.1 Å². The van der Waals surface area contributed by atoms with Crippen molar-refractivity contribution in [3.05, 3.63) is 203 Å². The summed E-state index contributed by atoms with van der Waals surface area (Å²) in [5.41, 5.74) is 12.4. The summed E-state index contributed by atoms with van der Waals surface area (Å²) in [7, 11) is 0. The van der Waals surface area contributed by atoms with Crippen LogP contribution in [0, 0.1) is 22.7 Å². The molecule has 0 aliphatic heterocycles. The predicted molar refractivity (Wildman–Crippen MR) is 196 cm³/mol. The molecule has 0 saturated carbocycles. The van der Waals surface area contributed by atoms with Crippen molar-refractivity contribution in [2.75, 3.05) is 9.80 Å². The maximum atomic E-state index is 10.0. The van der Waals surface area contributed by atoms with Crippen LogP contribution < -0.4 is 9.80 Å². The number of aromatic nitrogens is 2. The van der Waals surface area contributed by atoms with E-state index in [4.69, 9.17) is 9.97 Å². The van der Waals surface area contributed by atoms with Crippen molar-refractivity contribution in [3.8, 4) is 12.1 Å². The second-order valence-electron chi connectivity index (χ2n) is 12.4. The van der Waals surface area contributed by atoms with E-state index in [1.54, 1.807) is 0 Å². The zero-order valence-corrected chi connectivity index (χ0v) is 26.8. The molecule has 0 amide bonds. The Hall–Kier alpha value is -7.02. The van der Waals surface area contributed by atoms with Crippen molar-refractivity contribution < 1.29 is 0 Å². The summed E-state index contributed by atoms with van der Waals surface area (Å²) in [5, 5.41) is 20.0. The molecule has 1 aromatic heterocycles. The number of hydrogen-bond donors (Lipinski definition) is 0. The first-order valence-electron chi connectivity index (χ1n) is 16.5. The van der Waals surface area contributed by atoms with E-state index in [9.17, 15) is 10.5 Å². The molecule has 3 aliphatic carbocycles. The minimum atomic E-state index is -0.297. The van der Waals surface area contributed by atoms with Gasteiger partial charge in [0, 0.05) is 34.1 Å². The van der Waals surface area contributed by atoms with Crippen LogP contribution in [0.5, 0.6) is 0 Å². The molecular weight excluding hydrogens is 613 g/mol. The van der Waals surface area contributed by atoms with Crippen LogP contribution in [0.4, 0.5) is 34.1 Å². The average molecular weight is 641 g/mol.